The fourth-order valence-corrected chi connectivity index (χ4v) is 4.51. The zero-order valence-electron chi connectivity index (χ0n) is 16.4. The number of imidazole rings is 1. The molecule has 1 aliphatic carbocycles. The molecule has 0 saturated heterocycles. The summed E-state index contributed by atoms with van der Waals surface area (Å²) in [6.07, 6.45) is 3.96. The van der Waals surface area contributed by atoms with Crippen LogP contribution in [0.5, 0.6) is 0 Å². The van der Waals surface area contributed by atoms with E-state index in [-0.39, 0.29) is 5.54 Å². The first-order valence-corrected chi connectivity index (χ1v) is 9.95. The van der Waals surface area contributed by atoms with Gasteiger partial charge in [0.1, 0.15) is 0 Å². The molecule has 1 aromatic heterocycles. The van der Waals surface area contributed by atoms with Gasteiger partial charge in [-0.15, -0.1) is 0 Å². The maximum atomic E-state index is 4.45. The minimum Gasteiger partial charge on any atom is -0.345 e. The van der Waals surface area contributed by atoms with Crippen molar-refractivity contribution in [2.24, 2.45) is 0 Å². The predicted molar refractivity (Wildman–Crippen MR) is 115 cm³/mol. The number of benzene rings is 3. The highest BCUT2D eigenvalue weighted by Gasteiger charge is 2.31. The summed E-state index contributed by atoms with van der Waals surface area (Å²) in [6, 6.07) is 22.0. The topological polar surface area (TPSA) is 40.7 Å². The molecule has 0 fully saturated rings. The molecule has 0 unspecified atom stereocenters. The Morgan fingerprint density at radius 1 is 0.964 bits per heavy atom. The van der Waals surface area contributed by atoms with Gasteiger partial charge in [0.05, 0.1) is 17.4 Å². The zero-order valence-corrected chi connectivity index (χ0v) is 16.4. The number of rotatable bonds is 4. The lowest BCUT2D eigenvalue weighted by molar-refractivity contribution is 0.370. The Morgan fingerprint density at radius 2 is 1.68 bits per heavy atom. The molecule has 0 aliphatic heterocycles. The fourth-order valence-electron chi connectivity index (χ4n) is 4.51. The Labute approximate surface area is 165 Å². The van der Waals surface area contributed by atoms with E-state index in [0.29, 0.717) is 0 Å². The second kappa shape index (κ2) is 6.61. The van der Waals surface area contributed by atoms with Crippen LogP contribution in [-0.4, -0.2) is 15.5 Å². The molecule has 3 heteroatoms. The van der Waals surface area contributed by atoms with Gasteiger partial charge < -0.3 is 10.3 Å². The van der Waals surface area contributed by atoms with Crippen molar-refractivity contribution in [3.8, 4) is 11.1 Å². The number of aryl methyl sites for hydroxylation is 1. The van der Waals surface area contributed by atoms with Crippen LogP contribution in [0.2, 0.25) is 0 Å². The highest BCUT2D eigenvalue weighted by Crippen LogP contribution is 2.31. The average molecular weight is 367 g/mol. The molecule has 0 radical (unpaired) electrons. The summed E-state index contributed by atoms with van der Waals surface area (Å²) < 4.78 is 0. The SMILES string of the molecule is Cc1c(-c2ccc(CNC3(C)Cc4ccccc4C3)cc2)ccc2[nH]cnc12. The lowest BCUT2D eigenvalue weighted by atomic mass is 9.96. The highest BCUT2D eigenvalue weighted by molar-refractivity contribution is 5.86. The van der Waals surface area contributed by atoms with Gasteiger partial charge in [-0.3, -0.25) is 0 Å². The van der Waals surface area contributed by atoms with Gasteiger partial charge in [0.15, 0.2) is 0 Å². The standard InChI is InChI=1S/C25H25N3/c1-17-22(11-12-23-24(17)27-16-26-23)19-9-7-18(8-10-19)15-28-25(2)13-20-5-3-4-6-21(20)14-25/h3-12,16,28H,13-15H2,1-2H3,(H,26,27). The summed E-state index contributed by atoms with van der Waals surface area (Å²) >= 11 is 0. The zero-order chi connectivity index (χ0) is 19.1. The number of H-pyrrole nitrogens is 1. The summed E-state index contributed by atoms with van der Waals surface area (Å²) in [4.78, 5) is 7.64. The molecule has 0 spiro atoms. The van der Waals surface area contributed by atoms with Crippen LogP contribution in [0.3, 0.4) is 0 Å². The van der Waals surface area contributed by atoms with Gasteiger partial charge in [-0.05, 0) is 66.1 Å². The van der Waals surface area contributed by atoms with Crippen molar-refractivity contribution in [3.05, 3.63) is 89.2 Å². The van der Waals surface area contributed by atoms with E-state index in [1.807, 2.05) is 0 Å². The largest absolute Gasteiger partial charge is 0.345 e. The first kappa shape index (κ1) is 17.2. The third-order valence-corrected chi connectivity index (χ3v) is 6.11. The van der Waals surface area contributed by atoms with Crippen LogP contribution in [0.25, 0.3) is 22.2 Å². The van der Waals surface area contributed by atoms with E-state index < -0.39 is 0 Å². The molecule has 1 heterocycles. The van der Waals surface area contributed by atoms with Crippen molar-refractivity contribution >= 4 is 11.0 Å². The molecule has 0 amide bonds. The number of nitrogens with one attached hydrogen (secondary N) is 2. The van der Waals surface area contributed by atoms with Crippen LogP contribution in [0, 0.1) is 6.92 Å². The van der Waals surface area contributed by atoms with Crippen LogP contribution in [0.15, 0.2) is 67.0 Å². The first-order valence-electron chi connectivity index (χ1n) is 9.95. The molecule has 140 valence electrons. The Kier molecular flexibility index (Phi) is 4.06. The quantitative estimate of drug-likeness (QED) is 0.521. The van der Waals surface area contributed by atoms with Crippen molar-refractivity contribution in [1.29, 1.82) is 0 Å². The lowest BCUT2D eigenvalue weighted by Crippen LogP contribution is -2.42. The smallest absolute Gasteiger partial charge is 0.0931 e. The van der Waals surface area contributed by atoms with Crippen molar-refractivity contribution in [1.82, 2.24) is 15.3 Å². The van der Waals surface area contributed by atoms with Gasteiger partial charge in [-0.2, -0.15) is 0 Å². The minimum absolute atomic E-state index is 0.143. The number of aromatic amines is 1. The molecular formula is C25H25N3. The number of hydrogen-bond donors (Lipinski definition) is 2. The van der Waals surface area contributed by atoms with Gasteiger partial charge in [-0.25, -0.2) is 4.98 Å². The number of nitrogens with zero attached hydrogens (tertiary/aromatic N) is 1. The van der Waals surface area contributed by atoms with Gasteiger partial charge in [0, 0.05) is 12.1 Å². The fraction of sp³-hybridized carbons (Fsp3) is 0.240. The molecule has 28 heavy (non-hydrogen) atoms. The van der Waals surface area contributed by atoms with Gasteiger partial charge >= 0.3 is 0 Å². The molecular weight excluding hydrogens is 342 g/mol. The molecule has 0 atom stereocenters. The van der Waals surface area contributed by atoms with Crippen molar-refractivity contribution in [2.45, 2.75) is 38.8 Å². The highest BCUT2D eigenvalue weighted by atomic mass is 15.0. The van der Waals surface area contributed by atoms with Crippen LogP contribution in [-0.2, 0) is 19.4 Å². The summed E-state index contributed by atoms with van der Waals surface area (Å²) in [5.41, 5.74) is 10.3. The number of hydrogen-bond acceptors (Lipinski definition) is 2. The Bertz CT molecular complexity index is 1110. The summed E-state index contributed by atoms with van der Waals surface area (Å²) in [7, 11) is 0. The normalized spacial score (nSPS) is 15.1. The predicted octanol–water partition coefficient (Wildman–Crippen LogP) is 5.19. The van der Waals surface area contributed by atoms with E-state index in [0.717, 1.165) is 30.4 Å². The average Bonchev–Trinajstić information content (AvgIpc) is 3.31. The molecule has 1 aliphatic rings. The molecule has 0 bridgehead atoms. The number of aromatic nitrogens is 2. The molecule has 3 nitrogen and oxygen atoms in total. The van der Waals surface area contributed by atoms with E-state index in [9.17, 15) is 0 Å². The monoisotopic (exact) mass is 367 g/mol. The van der Waals surface area contributed by atoms with E-state index in [1.165, 1.54) is 33.4 Å². The summed E-state index contributed by atoms with van der Waals surface area (Å²) in [5.74, 6) is 0. The third kappa shape index (κ3) is 3.02. The maximum absolute atomic E-state index is 4.45. The molecule has 2 N–H and O–H groups in total. The minimum atomic E-state index is 0.143. The van der Waals surface area contributed by atoms with Crippen LogP contribution < -0.4 is 5.32 Å². The van der Waals surface area contributed by atoms with E-state index >= 15 is 0 Å². The molecule has 5 rings (SSSR count). The van der Waals surface area contributed by atoms with Gasteiger partial charge in [0.2, 0.25) is 0 Å². The second-order valence-electron chi connectivity index (χ2n) is 8.27. The van der Waals surface area contributed by atoms with Crippen molar-refractivity contribution < 1.29 is 0 Å². The van der Waals surface area contributed by atoms with Crippen molar-refractivity contribution in [3.63, 3.8) is 0 Å². The van der Waals surface area contributed by atoms with Crippen molar-refractivity contribution in [2.75, 3.05) is 0 Å². The summed E-state index contributed by atoms with van der Waals surface area (Å²) in [5, 5.41) is 3.80. The number of fused-ring (bicyclic) bond motifs is 2. The Balaban J connectivity index is 1.31. The lowest BCUT2D eigenvalue weighted by Gasteiger charge is -2.25. The van der Waals surface area contributed by atoms with Crippen LogP contribution in [0.1, 0.15) is 29.2 Å². The van der Waals surface area contributed by atoms with Gasteiger partial charge in [0.25, 0.3) is 0 Å². The Hall–Kier alpha value is -2.91. The van der Waals surface area contributed by atoms with Crippen LogP contribution in [0.4, 0.5) is 0 Å². The van der Waals surface area contributed by atoms with Gasteiger partial charge in [-0.1, -0.05) is 54.6 Å². The maximum Gasteiger partial charge on any atom is 0.0931 e. The molecule has 4 aromatic rings. The molecule has 0 saturated carbocycles. The first-order chi connectivity index (χ1) is 13.6. The van der Waals surface area contributed by atoms with E-state index in [1.54, 1.807) is 6.33 Å². The third-order valence-electron chi connectivity index (χ3n) is 6.11. The Morgan fingerprint density at radius 3 is 2.39 bits per heavy atom. The summed E-state index contributed by atoms with van der Waals surface area (Å²) in [6.45, 7) is 5.37. The molecule has 3 aromatic carbocycles. The van der Waals surface area contributed by atoms with E-state index in [4.69, 9.17) is 0 Å². The van der Waals surface area contributed by atoms with E-state index in [2.05, 4.69) is 89.8 Å². The second-order valence-corrected chi connectivity index (χ2v) is 8.27. The van der Waals surface area contributed by atoms with Crippen LogP contribution >= 0.6 is 0 Å².